The van der Waals surface area contributed by atoms with Crippen molar-refractivity contribution in [3.05, 3.63) is 78.5 Å². The van der Waals surface area contributed by atoms with E-state index in [-0.39, 0.29) is 11.7 Å². The number of fused-ring (bicyclic) bond motifs is 1. The zero-order chi connectivity index (χ0) is 16.5. The van der Waals surface area contributed by atoms with Gasteiger partial charge in [0, 0.05) is 29.0 Å². The number of anilines is 1. The van der Waals surface area contributed by atoms with E-state index in [4.69, 9.17) is 0 Å². The number of H-pyrrole nitrogens is 1. The van der Waals surface area contributed by atoms with E-state index >= 15 is 0 Å². The van der Waals surface area contributed by atoms with E-state index in [0.29, 0.717) is 22.3 Å². The number of benzene rings is 2. The number of aromatic amines is 1. The molecule has 2 aromatic carbocycles. The second-order valence-corrected chi connectivity index (χ2v) is 5.37. The molecule has 0 radical (unpaired) electrons. The van der Waals surface area contributed by atoms with Crippen LogP contribution in [0.3, 0.4) is 0 Å². The largest absolute Gasteiger partial charge is 0.351 e. The monoisotopic (exact) mass is 320 g/mol. The average molecular weight is 320 g/mol. The molecule has 1 amide bonds. The number of carbonyl (C=O) groups excluding carboxylic acids is 1. The highest BCUT2D eigenvalue weighted by atomic mass is 19.1. The first kappa shape index (κ1) is 14.2. The van der Waals surface area contributed by atoms with Crippen molar-refractivity contribution >= 4 is 22.5 Å². The predicted octanol–water partition coefficient (Wildman–Crippen LogP) is 3.75. The molecule has 0 saturated heterocycles. The Labute approximate surface area is 136 Å². The number of hydrogen-bond acceptors (Lipinski definition) is 2. The van der Waals surface area contributed by atoms with Crippen LogP contribution in [0.15, 0.2) is 67.0 Å². The molecule has 6 heteroatoms. The molecule has 0 unspecified atom stereocenters. The van der Waals surface area contributed by atoms with E-state index in [1.807, 2.05) is 30.5 Å². The second-order valence-electron chi connectivity index (χ2n) is 5.37. The molecule has 0 saturated carbocycles. The van der Waals surface area contributed by atoms with Crippen LogP contribution in [-0.4, -0.2) is 20.7 Å². The van der Waals surface area contributed by atoms with Gasteiger partial charge in [0.05, 0.1) is 5.69 Å². The number of rotatable bonds is 3. The molecule has 4 aromatic rings. The first-order valence-corrected chi connectivity index (χ1v) is 7.39. The van der Waals surface area contributed by atoms with Crippen LogP contribution in [0.25, 0.3) is 16.6 Å². The number of aromatic nitrogens is 3. The molecule has 4 rings (SSSR count). The summed E-state index contributed by atoms with van der Waals surface area (Å²) in [5.74, 6) is -0.621. The Bertz CT molecular complexity index is 1020. The van der Waals surface area contributed by atoms with Crippen molar-refractivity contribution in [2.75, 3.05) is 5.32 Å². The van der Waals surface area contributed by atoms with Crippen LogP contribution in [0.4, 0.5) is 10.1 Å². The fraction of sp³-hybridized carbons (Fsp3) is 0. The van der Waals surface area contributed by atoms with Gasteiger partial charge in [0.2, 0.25) is 0 Å². The third-order valence-electron chi connectivity index (χ3n) is 3.70. The van der Waals surface area contributed by atoms with Gasteiger partial charge in [-0.15, -0.1) is 0 Å². The molecule has 0 fully saturated rings. The molecule has 0 aliphatic carbocycles. The molecule has 5 nitrogen and oxygen atoms in total. The Hall–Kier alpha value is -3.41. The zero-order valence-corrected chi connectivity index (χ0v) is 12.5. The fourth-order valence-corrected chi connectivity index (χ4v) is 2.57. The fourth-order valence-electron chi connectivity index (χ4n) is 2.57. The number of carbonyl (C=O) groups is 1. The Morgan fingerprint density at radius 2 is 2.04 bits per heavy atom. The molecule has 2 heterocycles. The van der Waals surface area contributed by atoms with Crippen molar-refractivity contribution < 1.29 is 9.18 Å². The summed E-state index contributed by atoms with van der Waals surface area (Å²) in [6.07, 6.45) is 3.52. The topological polar surface area (TPSA) is 62.7 Å². The normalized spacial score (nSPS) is 10.9. The molecule has 0 aliphatic heterocycles. The van der Waals surface area contributed by atoms with Gasteiger partial charge in [0.1, 0.15) is 11.5 Å². The van der Waals surface area contributed by atoms with Gasteiger partial charge in [-0.05, 0) is 48.5 Å². The Balaban J connectivity index is 1.60. The van der Waals surface area contributed by atoms with Crippen molar-refractivity contribution in [2.45, 2.75) is 0 Å². The molecule has 0 atom stereocenters. The van der Waals surface area contributed by atoms with Crippen molar-refractivity contribution in [3.8, 4) is 5.69 Å². The van der Waals surface area contributed by atoms with E-state index < -0.39 is 0 Å². The predicted molar refractivity (Wildman–Crippen MR) is 89.8 cm³/mol. The number of nitrogens with one attached hydrogen (secondary N) is 2. The molecule has 2 aromatic heterocycles. The Kier molecular flexibility index (Phi) is 3.35. The lowest BCUT2D eigenvalue weighted by atomic mass is 10.2. The smallest absolute Gasteiger partial charge is 0.272 e. The highest BCUT2D eigenvalue weighted by Gasteiger charge is 2.11. The van der Waals surface area contributed by atoms with Crippen LogP contribution < -0.4 is 5.32 Å². The molecule has 0 spiro atoms. The first-order chi connectivity index (χ1) is 11.7. The zero-order valence-electron chi connectivity index (χ0n) is 12.5. The van der Waals surface area contributed by atoms with Gasteiger partial charge in [-0.2, -0.15) is 5.10 Å². The van der Waals surface area contributed by atoms with Crippen molar-refractivity contribution in [1.29, 1.82) is 0 Å². The lowest BCUT2D eigenvalue weighted by Gasteiger charge is -2.06. The third-order valence-corrected chi connectivity index (χ3v) is 3.70. The van der Waals surface area contributed by atoms with Crippen LogP contribution in [0, 0.1) is 5.82 Å². The maximum absolute atomic E-state index is 13.3. The summed E-state index contributed by atoms with van der Waals surface area (Å²) in [4.78, 5) is 15.4. The van der Waals surface area contributed by atoms with Crippen LogP contribution in [-0.2, 0) is 0 Å². The molecule has 24 heavy (non-hydrogen) atoms. The maximum Gasteiger partial charge on any atom is 0.272 e. The summed E-state index contributed by atoms with van der Waals surface area (Å²) < 4.78 is 15.0. The summed E-state index contributed by atoms with van der Waals surface area (Å²) >= 11 is 0. The van der Waals surface area contributed by atoms with Crippen LogP contribution in [0.2, 0.25) is 0 Å². The second kappa shape index (κ2) is 5.66. The van der Waals surface area contributed by atoms with Gasteiger partial charge in [0.15, 0.2) is 0 Å². The van der Waals surface area contributed by atoms with Gasteiger partial charge in [-0.25, -0.2) is 9.07 Å². The summed E-state index contributed by atoms with van der Waals surface area (Å²) in [5.41, 5.74) is 2.58. The van der Waals surface area contributed by atoms with Gasteiger partial charge >= 0.3 is 0 Å². The van der Waals surface area contributed by atoms with E-state index in [0.717, 1.165) is 5.69 Å². The van der Waals surface area contributed by atoms with E-state index in [9.17, 15) is 9.18 Å². The number of halogens is 1. The maximum atomic E-state index is 13.3. The van der Waals surface area contributed by atoms with Gasteiger partial charge in [0.25, 0.3) is 5.91 Å². The lowest BCUT2D eigenvalue weighted by molar-refractivity contribution is 0.102. The lowest BCUT2D eigenvalue weighted by Crippen LogP contribution is -2.12. The molecular weight excluding hydrogens is 307 g/mol. The van der Waals surface area contributed by atoms with E-state index in [1.54, 1.807) is 29.1 Å². The summed E-state index contributed by atoms with van der Waals surface area (Å²) in [6.45, 7) is 0. The molecular formula is C18H13FN4O. The standard InChI is InChI=1S/C18H13FN4O/c19-13-5-6-16-12(9-13)10-17(22-16)18(24)21-14-3-1-4-15(11-14)23-8-2-7-20-23/h1-11,22H,(H,21,24). The van der Waals surface area contributed by atoms with Crippen molar-refractivity contribution in [3.63, 3.8) is 0 Å². The third kappa shape index (κ3) is 2.65. The number of nitrogens with zero attached hydrogens (tertiary/aromatic N) is 2. The van der Waals surface area contributed by atoms with Crippen molar-refractivity contribution in [1.82, 2.24) is 14.8 Å². The summed E-state index contributed by atoms with van der Waals surface area (Å²) in [6, 6.07) is 15.2. The Morgan fingerprint density at radius 3 is 2.88 bits per heavy atom. The Morgan fingerprint density at radius 1 is 1.12 bits per heavy atom. The quantitative estimate of drug-likeness (QED) is 0.604. The van der Waals surface area contributed by atoms with Crippen LogP contribution in [0.5, 0.6) is 0 Å². The van der Waals surface area contributed by atoms with Crippen LogP contribution in [0.1, 0.15) is 10.5 Å². The highest BCUT2D eigenvalue weighted by Crippen LogP contribution is 2.19. The van der Waals surface area contributed by atoms with E-state index in [2.05, 4.69) is 15.4 Å². The molecule has 118 valence electrons. The van der Waals surface area contributed by atoms with Gasteiger partial charge in [-0.3, -0.25) is 4.79 Å². The minimum atomic E-state index is -0.333. The van der Waals surface area contributed by atoms with E-state index in [1.165, 1.54) is 12.1 Å². The van der Waals surface area contributed by atoms with Crippen molar-refractivity contribution in [2.24, 2.45) is 0 Å². The highest BCUT2D eigenvalue weighted by molar-refractivity contribution is 6.06. The van der Waals surface area contributed by atoms with Gasteiger partial charge < -0.3 is 10.3 Å². The average Bonchev–Trinajstić information content (AvgIpc) is 3.24. The molecule has 2 N–H and O–H groups in total. The summed E-state index contributed by atoms with van der Waals surface area (Å²) in [5, 5.41) is 7.65. The SMILES string of the molecule is O=C(Nc1cccc(-n2cccn2)c1)c1cc2cc(F)ccc2[nH]1. The first-order valence-electron chi connectivity index (χ1n) is 7.39. The molecule has 0 bridgehead atoms. The minimum absolute atomic E-state index is 0.288. The molecule has 0 aliphatic rings. The minimum Gasteiger partial charge on any atom is -0.351 e. The number of hydrogen-bond donors (Lipinski definition) is 2. The number of amides is 1. The van der Waals surface area contributed by atoms with Gasteiger partial charge in [-0.1, -0.05) is 6.07 Å². The summed E-state index contributed by atoms with van der Waals surface area (Å²) in [7, 11) is 0. The van der Waals surface area contributed by atoms with Crippen LogP contribution >= 0.6 is 0 Å².